The molecule has 2 unspecified atom stereocenters. The minimum Gasteiger partial charge on any atom is -0.494 e. The Hall–Kier alpha value is -5.53. The van der Waals surface area contributed by atoms with Crippen LogP contribution in [0.3, 0.4) is 0 Å². The Morgan fingerprint density at radius 3 is 2.24 bits per heavy atom. The molecule has 4 amide bonds. The molecule has 2 fully saturated rings. The van der Waals surface area contributed by atoms with Crippen LogP contribution >= 0.6 is 22.9 Å². The highest BCUT2D eigenvalue weighted by Crippen LogP contribution is 2.55. The van der Waals surface area contributed by atoms with E-state index in [1.54, 1.807) is 53.8 Å². The smallest absolute Gasteiger partial charge is 0.251 e. The second-order valence-electron chi connectivity index (χ2n) is 19.8. The maximum absolute atomic E-state index is 14.1. The van der Waals surface area contributed by atoms with Gasteiger partial charge in [0.05, 0.1) is 45.4 Å². The SMILES string of the molecule is Cc1ncsc1-c1ccc(C(C)NC(=O)[C@@H]2C[C@@H](O)CN2C(=O)C(NC(=O)COCCCCOc2ccc(C(=O)N[C@H]3C(C)(C)[C@H](Oc4ccc(C#N)c(Cl)c4)C3(C)C)cc2)C(C)(C)C)cc1. The Balaban J connectivity index is 0.906. The summed E-state index contributed by atoms with van der Waals surface area (Å²) in [6.45, 7) is 18.0. The molecule has 0 spiro atoms. The van der Waals surface area contributed by atoms with Crippen LogP contribution in [-0.4, -0.2) is 95.3 Å². The number of aryl methyl sites for hydroxylation is 1. The van der Waals surface area contributed by atoms with Gasteiger partial charge in [0.2, 0.25) is 17.7 Å². The minimum absolute atomic E-state index is 0.0246. The van der Waals surface area contributed by atoms with Gasteiger partial charge in [-0.15, -0.1) is 11.3 Å². The number of carbonyl (C=O) groups is 4. The van der Waals surface area contributed by atoms with Crippen molar-refractivity contribution in [3.63, 3.8) is 0 Å². The van der Waals surface area contributed by atoms with Gasteiger partial charge in [-0.1, -0.05) is 84.3 Å². The number of unbranched alkanes of at least 4 members (excludes halogenated alkanes) is 1. The largest absolute Gasteiger partial charge is 0.494 e. The first kappa shape index (κ1) is 50.9. The van der Waals surface area contributed by atoms with Gasteiger partial charge >= 0.3 is 0 Å². The van der Waals surface area contributed by atoms with Crippen molar-refractivity contribution in [3.05, 3.63) is 99.6 Å². The number of hydrogen-bond donors (Lipinski definition) is 4. The van der Waals surface area contributed by atoms with Crippen molar-refractivity contribution in [1.82, 2.24) is 25.8 Å². The molecule has 1 aliphatic heterocycles. The second kappa shape index (κ2) is 21.2. The number of ether oxygens (including phenoxy) is 3. The molecule has 16 heteroatoms. The van der Waals surface area contributed by atoms with E-state index in [9.17, 15) is 29.5 Å². The van der Waals surface area contributed by atoms with Gasteiger partial charge < -0.3 is 40.2 Å². The van der Waals surface area contributed by atoms with E-state index in [2.05, 4.69) is 54.7 Å². The van der Waals surface area contributed by atoms with Crippen molar-refractivity contribution < 1.29 is 38.5 Å². The molecule has 1 saturated carbocycles. The molecular weight excluding hydrogens is 892 g/mol. The Labute approximate surface area is 402 Å². The monoisotopic (exact) mass is 954 g/mol. The number of aromatic nitrogens is 1. The number of halogens is 1. The van der Waals surface area contributed by atoms with Gasteiger partial charge in [0.1, 0.15) is 42.4 Å². The lowest BCUT2D eigenvalue weighted by molar-refractivity contribution is -0.164. The average molecular weight is 956 g/mol. The summed E-state index contributed by atoms with van der Waals surface area (Å²) in [7, 11) is 0. The van der Waals surface area contributed by atoms with Crippen molar-refractivity contribution >= 4 is 46.6 Å². The van der Waals surface area contributed by atoms with E-state index in [-0.39, 0.29) is 56.2 Å². The summed E-state index contributed by atoms with van der Waals surface area (Å²) in [4.78, 5) is 61.0. The molecule has 4 N–H and O–H groups in total. The summed E-state index contributed by atoms with van der Waals surface area (Å²) in [5.41, 5.74) is 4.08. The van der Waals surface area contributed by atoms with Gasteiger partial charge in [0.15, 0.2) is 0 Å². The highest BCUT2D eigenvalue weighted by molar-refractivity contribution is 7.13. The third kappa shape index (κ3) is 12.0. The van der Waals surface area contributed by atoms with Gasteiger partial charge in [-0.25, -0.2) is 4.98 Å². The van der Waals surface area contributed by atoms with Crippen LogP contribution in [0.5, 0.6) is 11.5 Å². The van der Waals surface area contributed by atoms with Crippen LogP contribution in [0.1, 0.15) is 108 Å². The number of hydrogen-bond acceptors (Lipinski definition) is 11. The molecule has 358 valence electrons. The highest BCUT2D eigenvalue weighted by atomic mass is 35.5. The number of thiazole rings is 1. The van der Waals surface area contributed by atoms with Crippen LogP contribution in [0.15, 0.2) is 72.2 Å². The second-order valence-corrected chi connectivity index (χ2v) is 21.1. The zero-order valence-electron chi connectivity index (χ0n) is 39.8. The molecule has 2 heterocycles. The summed E-state index contributed by atoms with van der Waals surface area (Å²) in [6.07, 6.45) is 0.242. The predicted molar refractivity (Wildman–Crippen MR) is 258 cm³/mol. The van der Waals surface area contributed by atoms with E-state index in [0.717, 1.165) is 21.7 Å². The van der Waals surface area contributed by atoms with Gasteiger partial charge in [0.25, 0.3) is 5.91 Å². The molecule has 4 aromatic rings. The lowest BCUT2D eigenvalue weighted by Gasteiger charge is -2.63. The fraction of sp³-hybridized carbons (Fsp3) is 0.490. The molecule has 0 bridgehead atoms. The highest BCUT2D eigenvalue weighted by Gasteiger charge is 2.64. The molecular formula is C51H63ClN6O8S. The number of benzene rings is 3. The fourth-order valence-corrected chi connectivity index (χ4v) is 10.4. The van der Waals surface area contributed by atoms with E-state index >= 15 is 0 Å². The molecule has 1 saturated heterocycles. The number of carbonyl (C=O) groups excluding carboxylic acids is 4. The topological polar surface area (TPSA) is 192 Å². The number of likely N-dealkylation sites (tertiary alicyclic amines) is 1. The van der Waals surface area contributed by atoms with Crippen molar-refractivity contribution in [2.24, 2.45) is 16.2 Å². The molecule has 1 aromatic heterocycles. The zero-order chi connectivity index (χ0) is 48.8. The minimum atomic E-state index is -0.972. The third-order valence-electron chi connectivity index (χ3n) is 12.8. The summed E-state index contributed by atoms with van der Waals surface area (Å²) in [6, 6.07) is 19.5. The Morgan fingerprint density at radius 1 is 0.970 bits per heavy atom. The van der Waals surface area contributed by atoms with Crippen molar-refractivity contribution in [2.45, 2.75) is 118 Å². The van der Waals surface area contributed by atoms with Crippen LogP contribution in [-0.2, 0) is 19.1 Å². The number of nitriles is 1. The van der Waals surface area contributed by atoms with Crippen molar-refractivity contribution in [2.75, 3.05) is 26.4 Å². The number of nitrogens with zero attached hydrogens (tertiary/aromatic N) is 3. The van der Waals surface area contributed by atoms with Gasteiger partial charge in [-0.2, -0.15) is 5.26 Å². The van der Waals surface area contributed by atoms with Crippen LogP contribution in [0.2, 0.25) is 5.02 Å². The molecule has 67 heavy (non-hydrogen) atoms. The summed E-state index contributed by atoms with van der Waals surface area (Å²) >= 11 is 7.80. The normalized spacial score (nSPS) is 20.4. The maximum atomic E-state index is 14.1. The van der Waals surface area contributed by atoms with Gasteiger partial charge in [-0.3, -0.25) is 19.2 Å². The number of β-amino-alcohol motifs (C(OH)–C–C–N with tert-alkyl or cyclic N) is 1. The maximum Gasteiger partial charge on any atom is 0.251 e. The van der Waals surface area contributed by atoms with E-state index in [4.69, 9.17) is 25.8 Å². The Kier molecular flexibility index (Phi) is 16.1. The zero-order valence-corrected chi connectivity index (χ0v) is 41.3. The third-order valence-corrected chi connectivity index (χ3v) is 14.1. The summed E-state index contributed by atoms with van der Waals surface area (Å²) < 4.78 is 17.9. The van der Waals surface area contributed by atoms with Crippen molar-refractivity contribution in [1.29, 1.82) is 5.26 Å². The lowest BCUT2D eigenvalue weighted by atomic mass is 9.49. The van der Waals surface area contributed by atoms with Crippen LogP contribution in [0.4, 0.5) is 0 Å². The van der Waals surface area contributed by atoms with Crippen LogP contribution < -0.4 is 25.4 Å². The standard InChI is InChI=1S/C51H63ClN6O8S/c1-30(32-12-14-33(15-13-32)42-31(2)54-29-67-42)55-45(62)40-24-36(59)27-58(40)46(63)43(49(3,4)5)56-41(60)28-64-22-10-11-23-65-37-19-16-34(17-20-37)44(61)57-47-50(6,7)48(51(47,8)9)66-38-21-18-35(26-53)39(52)25-38/h12-21,25,29-30,36,40,43,47-48,59H,10-11,22-24,27-28H2,1-9H3,(H,55,62)(H,56,60)(H,57,61)/t30?,36-,40+,43?,47-,48-/m1/s1. The van der Waals surface area contributed by atoms with E-state index in [1.807, 2.05) is 64.4 Å². The first-order chi connectivity index (χ1) is 31.6. The number of aliphatic hydroxyl groups is 1. The summed E-state index contributed by atoms with van der Waals surface area (Å²) in [5, 5.41) is 29.2. The van der Waals surface area contributed by atoms with E-state index < -0.39 is 46.2 Å². The van der Waals surface area contributed by atoms with E-state index in [1.165, 1.54) is 4.90 Å². The number of nitrogens with one attached hydrogen (secondary N) is 3. The number of rotatable bonds is 18. The lowest BCUT2D eigenvalue weighted by Crippen LogP contribution is -2.74. The van der Waals surface area contributed by atoms with Crippen LogP contribution in [0.25, 0.3) is 10.4 Å². The Bertz CT molecular complexity index is 2430. The summed E-state index contributed by atoms with van der Waals surface area (Å²) in [5.74, 6) is -0.313. The van der Waals surface area contributed by atoms with Gasteiger partial charge in [0, 0.05) is 48.1 Å². The fourth-order valence-electron chi connectivity index (χ4n) is 9.39. The molecule has 2 aliphatic rings. The van der Waals surface area contributed by atoms with Gasteiger partial charge in [-0.05, 0) is 79.6 Å². The first-order valence-electron chi connectivity index (χ1n) is 22.7. The first-order valence-corrected chi connectivity index (χ1v) is 23.9. The Morgan fingerprint density at radius 2 is 1.63 bits per heavy atom. The molecule has 4 atom stereocenters. The molecule has 3 aromatic carbocycles. The molecule has 6 rings (SSSR count). The van der Waals surface area contributed by atoms with E-state index in [0.29, 0.717) is 47.1 Å². The quantitative estimate of drug-likeness (QED) is 0.0716. The number of aliphatic hydroxyl groups excluding tert-OH is 1. The average Bonchev–Trinajstić information content (AvgIpc) is 3.90. The number of amides is 4. The predicted octanol–water partition coefficient (Wildman–Crippen LogP) is 7.80. The van der Waals surface area contributed by atoms with Crippen molar-refractivity contribution in [3.8, 4) is 28.0 Å². The molecule has 14 nitrogen and oxygen atoms in total. The van der Waals surface area contributed by atoms with Crippen LogP contribution in [0, 0.1) is 34.5 Å². The molecule has 0 radical (unpaired) electrons. The molecule has 1 aliphatic carbocycles.